The summed E-state index contributed by atoms with van der Waals surface area (Å²) < 4.78 is 0. The van der Waals surface area contributed by atoms with Crippen LogP contribution in [0.25, 0.3) is 0 Å². The maximum absolute atomic E-state index is 12.0. The molecule has 0 radical (unpaired) electrons. The summed E-state index contributed by atoms with van der Waals surface area (Å²) in [7, 11) is 3.58. The van der Waals surface area contributed by atoms with Gasteiger partial charge in [0.1, 0.15) is 0 Å². The lowest BCUT2D eigenvalue weighted by molar-refractivity contribution is 0.0756. The van der Waals surface area contributed by atoms with Crippen LogP contribution < -0.4 is 5.32 Å². The molecular formula is C11H17N3O. The molecular weight excluding hydrogens is 190 g/mol. The normalized spacial score (nSPS) is 10.2. The molecule has 0 unspecified atom stereocenters. The first kappa shape index (κ1) is 11.5. The molecule has 0 atom stereocenters. The maximum Gasteiger partial charge on any atom is 0.256 e. The van der Waals surface area contributed by atoms with E-state index >= 15 is 0 Å². The van der Waals surface area contributed by atoms with Crippen LogP contribution in [0.15, 0.2) is 18.5 Å². The van der Waals surface area contributed by atoms with E-state index in [0.717, 1.165) is 5.69 Å². The van der Waals surface area contributed by atoms with E-state index in [9.17, 15) is 4.79 Å². The quantitative estimate of drug-likeness (QED) is 0.819. The average Bonchev–Trinajstić information content (AvgIpc) is 2.26. The van der Waals surface area contributed by atoms with Crippen molar-refractivity contribution in [2.75, 3.05) is 19.4 Å². The van der Waals surface area contributed by atoms with Gasteiger partial charge in [0.25, 0.3) is 5.91 Å². The third-order valence-corrected chi connectivity index (χ3v) is 2.42. The summed E-state index contributed by atoms with van der Waals surface area (Å²) >= 11 is 0. The lowest BCUT2D eigenvalue weighted by Gasteiger charge is -2.22. The van der Waals surface area contributed by atoms with Crippen LogP contribution >= 0.6 is 0 Å². The Labute approximate surface area is 90.3 Å². The number of nitrogens with one attached hydrogen (secondary N) is 1. The highest BCUT2D eigenvalue weighted by molar-refractivity contribution is 5.99. The fourth-order valence-electron chi connectivity index (χ4n) is 1.20. The van der Waals surface area contributed by atoms with Crippen molar-refractivity contribution < 1.29 is 4.79 Å². The summed E-state index contributed by atoms with van der Waals surface area (Å²) in [5.41, 5.74) is 1.42. The minimum absolute atomic E-state index is 0.0109. The standard InChI is InChI=1S/C11H17N3O/c1-8(2)14(4)11(15)9-5-6-13-7-10(9)12-3/h5-8,12H,1-4H3. The van der Waals surface area contributed by atoms with Crippen LogP contribution in [0.4, 0.5) is 5.69 Å². The third-order valence-electron chi connectivity index (χ3n) is 2.42. The van der Waals surface area contributed by atoms with Gasteiger partial charge in [-0.15, -0.1) is 0 Å². The monoisotopic (exact) mass is 207 g/mol. The molecule has 0 aliphatic rings. The van der Waals surface area contributed by atoms with Crippen LogP contribution in [0.1, 0.15) is 24.2 Å². The van der Waals surface area contributed by atoms with Gasteiger partial charge in [-0.25, -0.2) is 0 Å². The summed E-state index contributed by atoms with van der Waals surface area (Å²) in [5.74, 6) is 0.0109. The SMILES string of the molecule is CNc1cnccc1C(=O)N(C)C(C)C. The maximum atomic E-state index is 12.0. The van der Waals surface area contributed by atoms with Crippen LogP contribution in [0.3, 0.4) is 0 Å². The Balaban J connectivity index is 3.00. The topological polar surface area (TPSA) is 45.2 Å². The average molecular weight is 207 g/mol. The van der Waals surface area contributed by atoms with E-state index in [1.54, 1.807) is 37.5 Å². The zero-order valence-corrected chi connectivity index (χ0v) is 9.61. The number of anilines is 1. The van der Waals surface area contributed by atoms with E-state index in [4.69, 9.17) is 0 Å². The van der Waals surface area contributed by atoms with Crippen molar-refractivity contribution >= 4 is 11.6 Å². The molecule has 0 saturated carbocycles. The van der Waals surface area contributed by atoms with Gasteiger partial charge in [-0.3, -0.25) is 9.78 Å². The zero-order chi connectivity index (χ0) is 11.4. The second-order valence-electron chi connectivity index (χ2n) is 3.68. The van der Waals surface area contributed by atoms with E-state index in [0.29, 0.717) is 5.56 Å². The molecule has 1 N–H and O–H groups in total. The van der Waals surface area contributed by atoms with Crippen molar-refractivity contribution in [3.05, 3.63) is 24.0 Å². The van der Waals surface area contributed by atoms with Gasteiger partial charge in [0.2, 0.25) is 0 Å². The number of nitrogens with zero attached hydrogens (tertiary/aromatic N) is 2. The smallest absolute Gasteiger partial charge is 0.256 e. The Bertz CT molecular complexity index is 349. The van der Waals surface area contributed by atoms with Gasteiger partial charge in [-0.05, 0) is 19.9 Å². The molecule has 4 heteroatoms. The predicted octanol–water partition coefficient (Wildman–Crippen LogP) is 1.60. The van der Waals surface area contributed by atoms with Gasteiger partial charge in [0.05, 0.1) is 17.4 Å². The van der Waals surface area contributed by atoms with Gasteiger partial charge >= 0.3 is 0 Å². The Morgan fingerprint density at radius 1 is 1.53 bits per heavy atom. The Hall–Kier alpha value is -1.58. The minimum Gasteiger partial charge on any atom is -0.386 e. The van der Waals surface area contributed by atoms with Crippen LogP contribution in [-0.4, -0.2) is 35.9 Å². The van der Waals surface area contributed by atoms with E-state index < -0.39 is 0 Å². The molecule has 0 spiro atoms. The van der Waals surface area contributed by atoms with Crippen LogP contribution in [-0.2, 0) is 0 Å². The Kier molecular flexibility index (Phi) is 3.66. The Morgan fingerprint density at radius 3 is 2.73 bits per heavy atom. The molecule has 0 fully saturated rings. The number of aromatic nitrogens is 1. The summed E-state index contributed by atoms with van der Waals surface area (Å²) in [4.78, 5) is 17.7. The lowest BCUT2D eigenvalue weighted by atomic mass is 10.2. The predicted molar refractivity (Wildman–Crippen MR) is 61.0 cm³/mol. The molecule has 1 aromatic rings. The first-order valence-electron chi connectivity index (χ1n) is 4.96. The van der Waals surface area contributed by atoms with Crippen LogP contribution in [0, 0.1) is 0 Å². The van der Waals surface area contributed by atoms with Crippen molar-refractivity contribution in [1.82, 2.24) is 9.88 Å². The van der Waals surface area contributed by atoms with Crippen LogP contribution in [0.5, 0.6) is 0 Å². The van der Waals surface area contributed by atoms with Gasteiger partial charge in [0.15, 0.2) is 0 Å². The number of amides is 1. The highest BCUT2D eigenvalue weighted by Gasteiger charge is 2.16. The number of carbonyl (C=O) groups is 1. The molecule has 82 valence electrons. The molecule has 0 saturated heterocycles. The van der Waals surface area contributed by atoms with E-state index in [-0.39, 0.29) is 11.9 Å². The fraction of sp³-hybridized carbons (Fsp3) is 0.455. The summed E-state index contributed by atoms with van der Waals surface area (Å²) in [6.45, 7) is 3.97. The molecule has 15 heavy (non-hydrogen) atoms. The highest BCUT2D eigenvalue weighted by atomic mass is 16.2. The Morgan fingerprint density at radius 2 is 2.20 bits per heavy atom. The minimum atomic E-state index is 0.0109. The van der Waals surface area contributed by atoms with E-state index in [1.165, 1.54) is 0 Å². The van der Waals surface area contributed by atoms with Gasteiger partial charge in [-0.2, -0.15) is 0 Å². The number of hydrogen-bond acceptors (Lipinski definition) is 3. The molecule has 1 rings (SSSR count). The molecule has 0 aliphatic heterocycles. The van der Waals surface area contributed by atoms with Crippen molar-refractivity contribution in [3.8, 4) is 0 Å². The van der Waals surface area contributed by atoms with Gasteiger partial charge < -0.3 is 10.2 Å². The molecule has 0 aliphatic carbocycles. The molecule has 4 nitrogen and oxygen atoms in total. The summed E-state index contributed by atoms with van der Waals surface area (Å²) in [6.07, 6.45) is 3.28. The molecule has 0 bridgehead atoms. The highest BCUT2D eigenvalue weighted by Crippen LogP contribution is 2.15. The fourth-order valence-corrected chi connectivity index (χ4v) is 1.20. The number of rotatable bonds is 3. The second kappa shape index (κ2) is 4.77. The summed E-state index contributed by atoms with van der Waals surface area (Å²) in [6, 6.07) is 1.92. The largest absolute Gasteiger partial charge is 0.386 e. The first-order chi connectivity index (χ1) is 7.07. The molecule has 1 aromatic heterocycles. The van der Waals surface area contributed by atoms with Crippen molar-refractivity contribution in [1.29, 1.82) is 0 Å². The van der Waals surface area contributed by atoms with Crippen molar-refractivity contribution in [2.45, 2.75) is 19.9 Å². The third kappa shape index (κ3) is 2.46. The molecule has 1 amide bonds. The summed E-state index contributed by atoms with van der Waals surface area (Å²) in [5, 5.41) is 2.96. The number of pyridine rings is 1. The molecule has 1 heterocycles. The van der Waals surface area contributed by atoms with E-state index in [1.807, 2.05) is 13.8 Å². The van der Waals surface area contributed by atoms with E-state index in [2.05, 4.69) is 10.3 Å². The molecule has 0 aromatic carbocycles. The lowest BCUT2D eigenvalue weighted by Crippen LogP contribution is -2.33. The second-order valence-corrected chi connectivity index (χ2v) is 3.68. The first-order valence-corrected chi connectivity index (χ1v) is 4.96. The van der Waals surface area contributed by atoms with Crippen molar-refractivity contribution in [2.24, 2.45) is 0 Å². The van der Waals surface area contributed by atoms with Gasteiger partial charge in [0, 0.05) is 26.3 Å². The van der Waals surface area contributed by atoms with Crippen molar-refractivity contribution in [3.63, 3.8) is 0 Å². The number of carbonyl (C=O) groups excluding carboxylic acids is 1. The number of hydrogen-bond donors (Lipinski definition) is 1. The van der Waals surface area contributed by atoms with Gasteiger partial charge in [-0.1, -0.05) is 0 Å². The van der Waals surface area contributed by atoms with Crippen LogP contribution in [0.2, 0.25) is 0 Å². The zero-order valence-electron chi connectivity index (χ0n) is 9.61.